The molecule has 0 saturated carbocycles. The summed E-state index contributed by atoms with van der Waals surface area (Å²) >= 11 is 4.96. The number of rotatable bonds is 5. The van der Waals surface area contributed by atoms with E-state index >= 15 is 0 Å². The van der Waals surface area contributed by atoms with Crippen LogP contribution in [-0.2, 0) is 6.42 Å². The first-order valence-electron chi connectivity index (χ1n) is 5.20. The highest BCUT2D eigenvalue weighted by Crippen LogP contribution is 2.32. The fraction of sp³-hybridized carbons (Fsp3) is 0.500. The Kier molecular flexibility index (Phi) is 4.31. The van der Waals surface area contributed by atoms with Crippen molar-refractivity contribution < 1.29 is 0 Å². The van der Waals surface area contributed by atoms with Gasteiger partial charge in [-0.2, -0.15) is 0 Å². The Labute approximate surface area is 107 Å². The molecule has 0 saturated heterocycles. The van der Waals surface area contributed by atoms with E-state index in [9.17, 15) is 0 Å². The molecule has 2 rings (SSSR count). The maximum absolute atomic E-state index is 4.40. The van der Waals surface area contributed by atoms with Gasteiger partial charge in [0, 0.05) is 17.5 Å². The molecule has 86 valence electrons. The molecule has 16 heavy (non-hydrogen) atoms. The minimum atomic E-state index is 1.00. The third kappa shape index (κ3) is 3.26. The second kappa shape index (κ2) is 5.75. The molecular weight excluding hydrogens is 258 g/mol. The van der Waals surface area contributed by atoms with Crippen molar-refractivity contribution in [3.8, 4) is 0 Å². The normalized spacial score (nSPS) is 10.9. The zero-order chi connectivity index (χ0) is 11.4. The summed E-state index contributed by atoms with van der Waals surface area (Å²) in [6, 6.07) is 0. The third-order valence-corrected chi connectivity index (χ3v) is 5.06. The second-order valence-electron chi connectivity index (χ2n) is 3.42. The first kappa shape index (κ1) is 12.0. The predicted molar refractivity (Wildman–Crippen MR) is 69.5 cm³/mol. The molecule has 0 N–H and O–H groups in total. The summed E-state index contributed by atoms with van der Waals surface area (Å²) in [5.74, 6) is 0. The van der Waals surface area contributed by atoms with E-state index in [1.807, 2.05) is 6.92 Å². The van der Waals surface area contributed by atoms with Crippen molar-refractivity contribution in [1.82, 2.24) is 15.2 Å². The van der Waals surface area contributed by atoms with E-state index in [1.54, 1.807) is 34.4 Å². The molecule has 0 bridgehead atoms. The van der Waals surface area contributed by atoms with Crippen LogP contribution >= 0.6 is 34.4 Å². The molecule has 6 heteroatoms. The van der Waals surface area contributed by atoms with Crippen molar-refractivity contribution in [3.63, 3.8) is 0 Å². The SMILES string of the molecule is CCCCc1nnc(Sc2nc(C)cs2)s1. The Morgan fingerprint density at radius 3 is 2.88 bits per heavy atom. The molecule has 0 amide bonds. The van der Waals surface area contributed by atoms with Crippen LogP contribution in [0.4, 0.5) is 0 Å². The van der Waals surface area contributed by atoms with Crippen LogP contribution in [0.25, 0.3) is 0 Å². The van der Waals surface area contributed by atoms with E-state index in [1.165, 1.54) is 12.8 Å². The van der Waals surface area contributed by atoms with Crippen molar-refractivity contribution in [3.05, 3.63) is 16.1 Å². The van der Waals surface area contributed by atoms with Gasteiger partial charge in [-0.15, -0.1) is 21.5 Å². The Hall–Kier alpha value is -0.460. The molecule has 2 heterocycles. The summed E-state index contributed by atoms with van der Waals surface area (Å²) in [6.07, 6.45) is 3.44. The first-order valence-corrected chi connectivity index (χ1v) is 7.71. The van der Waals surface area contributed by atoms with Crippen molar-refractivity contribution in [2.24, 2.45) is 0 Å². The van der Waals surface area contributed by atoms with Crippen LogP contribution in [0.3, 0.4) is 0 Å². The quantitative estimate of drug-likeness (QED) is 0.829. The topological polar surface area (TPSA) is 38.7 Å². The van der Waals surface area contributed by atoms with Gasteiger partial charge in [-0.1, -0.05) is 24.7 Å². The maximum atomic E-state index is 4.40. The standard InChI is InChI=1S/C10H13N3S3/c1-3-4-5-8-12-13-10(15-8)16-9-11-7(2)6-14-9/h6H,3-5H2,1-2H3. The fourth-order valence-electron chi connectivity index (χ4n) is 1.16. The maximum Gasteiger partial charge on any atom is 0.181 e. The van der Waals surface area contributed by atoms with E-state index in [4.69, 9.17) is 0 Å². The molecule has 0 unspecified atom stereocenters. The van der Waals surface area contributed by atoms with Crippen molar-refractivity contribution >= 4 is 34.4 Å². The largest absolute Gasteiger partial charge is 0.235 e. The van der Waals surface area contributed by atoms with Gasteiger partial charge in [0.05, 0.1) is 0 Å². The van der Waals surface area contributed by atoms with E-state index in [-0.39, 0.29) is 0 Å². The van der Waals surface area contributed by atoms with Gasteiger partial charge >= 0.3 is 0 Å². The Morgan fingerprint density at radius 1 is 1.31 bits per heavy atom. The molecule has 0 spiro atoms. The lowest BCUT2D eigenvalue weighted by atomic mass is 10.3. The molecule has 0 aliphatic carbocycles. The molecule has 0 aromatic carbocycles. The Bertz CT molecular complexity index is 450. The van der Waals surface area contributed by atoms with Crippen LogP contribution < -0.4 is 0 Å². The summed E-state index contributed by atoms with van der Waals surface area (Å²) in [5, 5.41) is 11.5. The summed E-state index contributed by atoms with van der Waals surface area (Å²) in [6.45, 7) is 4.20. The average molecular weight is 271 g/mol. The summed E-state index contributed by atoms with van der Waals surface area (Å²) in [7, 11) is 0. The molecule has 0 radical (unpaired) electrons. The van der Waals surface area contributed by atoms with Crippen LogP contribution in [0.2, 0.25) is 0 Å². The number of aromatic nitrogens is 3. The molecule has 0 fully saturated rings. The van der Waals surface area contributed by atoms with Gasteiger partial charge in [-0.3, -0.25) is 0 Å². The Balaban J connectivity index is 1.97. The van der Waals surface area contributed by atoms with Crippen LogP contribution in [0.15, 0.2) is 14.1 Å². The number of nitrogens with zero attached hydrogens (tertiary/aromatic N) is 3. The Morgan fingerprint density at radius 2 is 2.19 bits per heavy atom. The zero-order valence-corrected chi connectivity index (χ0v) is 11.7. The highest BCUT2D eigenvalue weighted by atomic mass is 32.2. The number of aryl methyl sites for hydroxylation is 2. The predicted octanol–water partition coefficient (Wildman–Crippen LogP) is 3.80. The van der Waals surface area contributed by atoms with Crippen molar-refractivity contribution in [1.29, 1.82) is 0 Å². The molecule has 2 aromatic heterocycles. The van der Waals surface area contributed by atoms with Gasteiger partial charge in [-0.25, -0.2) is 4.98 Å². The molecule has 0 atom stereocenters. The van der Waals surface area contributed by atoms with Gasteiger partial charge in [-0.05, 0) is 25.1 Å². The molecular formula is C10H13N3S3. The zero-order valence-electron chi connectivity index (χ0n) is 9.27. The van der Waals surface area contributed by atoms with E-state index < -0.39 is 0 Å². The van der Waals surface area contributed by atoms with E-state index in [0.29, 0.717) is 0 Å². The number of hydrogen-bond acceptors (Lipinski definition) is 6. The second-order valence-corrected chi connectivity index (χ2v) is 6.84. The van der Waals surface area contributed by atoms with Gasteiger partial charge in [0.15, 0.2) is 8.68 Å². The summed E-state index contributed by atoms with van der Waals surface area (Å²) in [5.41, 5.74) is 1.07. The van der Waals surface area contributed by atoms with Crippen LogP contribution in [0.5, 0.6) is 0 Å². The van der Waals surface area contributed by atoms with Gasteiger partial charge in [0.25, 0.3) is 0 Å². The molecule has 0 aliphatic heterocycles. The van der Waals surface area contributed by atoms with Crippen molar-refractivity contribution in [2.75, 3.05) is 0 Å². The number of thiazole rings is 1. The van der Waals surface area contributed by atoms with Gasteiger partial charge in [0.2, 0.25) is 0 Å². The van der Waals surface area contributed by atoms with Crippen molar-refractivity contribution in [2.45, 2.75) is 41.8 Å². The van der Waals surface area contributed by atoms with E-state index in [0.717, 1.165) is 25.8 Å². The smallest absolute Gasteiger partial charge is 0.181 e. The van der Waals surface area contributed by atoms with Crippen LogP contribution in [0.1, 0.15) is 30.5 Å². The molecule has 2 aromatic rings. The summed E-state index contributed by atoms with van der Waals surface area (Å²) in [4.78, 5) is 4.40. The number of hydrogen-bond donors (Lipinski definition) is 0. The lowest BCUT2D eigenvalue weighted by Crippen LogP contribution is -1.81. The van der Waals surface area contributed by atoms with Gasteiger partial charge in [0.1, 0.15) is 5.01 Å². The monoisotopic (exact) mass is 271 g/mol. The highest BCUT2D eigenvalue weighted by Gasteiger charge is 2.07. The molecule has 3 nitrogen and oxygen atoms in total. The molecule has 0 aliphatic rings. The van der Waals surface area contributed by atoms with Crippen LogP contribution in [0, 0.1) is 6.92 Å². The van der Waals surface area contributed by atoms with Gasteiger partial charge < -0.3 is 0 Å². The van der Waals surface area contributed by atoms with E-state index in [2.05, 4.69) is 27.5 Å². The summed E-state index contributed by atoms with van der Waals surface area (Å²) < 4.78 is 2.05. The third-order valence-electron chi connectivity index (χ3n) is 1.97. The average Bonchev–Trinajstić information content (AvgIpc) is 2.86. The lowest BCUT2D eigenvalue weighted by Gasteiger charge is -1.89. The first-order chi connectivity index (χ1) is 7.78. The van der Waals surface area contributed by atoms with Crippen LogP contribution in [-0.4, -0.2) is 15.2 Å². The number of unbranched alkanes of at least 4 members (excludes halogenated alkanes) is 1. The fourth-order valence-corrected chi connectivity index (χ4v) is 4.14. The minimum Gasteiger partial charge on any atom is -0.235 e. The lowest BCUT2D eigenvalue weighted by molar-refractivity contribution is 0.777. The highest BCUT2D eigenvalue weighted by molar-refractivity contribution is 8.02. The minimum absolute atomic E-state index is 1.00.